The van der Waals surface area contributed by atoms with Gasteiger partial charge in [-0.3, -0.25) is 5.43 Å². The first-order valence-corrected chi connectivity index (χ1v) is 5.03. The molecular weight excluding hydrogens is 230 g/mol. The SMILES string of the molecule is CCOC(=O)/C(Cl)=N/Nc1ccc(N)cc1. The highest BCUT2D eigenvalue weighted by Gasteiger charge is 2.08. The Kier molecular flexibility index (Phi) is 4.60. The van der Waals surface area contributed by atoms with Gasteiger partial charge in [0.05, 0.1) is 12.3 Å². The van der Waals surface area contributed by atoms with E-state index < -0.39 is 5.97 Å². The minimum Gasteiger partial charge on any atom is -0.461 e. The number of benzene rings is 1. The first kappa shape index (κ1) is 12.3. The Bertz CT molecular complexity index is 390. The maximum atomic E-state index is 11.1. The van der Waals surface area contributed by atoms with Crippen LogP contribution in [-0.4, -0.2) is 17.7 Å². The number of nitrogens with two attached hydrogens (primary N) is 1. The lowest BCUT2D eigenvalue weighted by atomic mass is 10.3. The number of anilines is 2. The van der Waals surface area contributed by atoms with Gasteiger partial charge < -0.3 is 10.5 Å². The predicted molar refractivity (Wildman–Crippen MR) is 64.4 cm³/mol. The Hall–Kier alpha value is -1.75. The van der Waals surface area contributed by atoms with Crippen LogP contribution in [0.5, 0.6) is 0 Å². The van der Waals surface area contributed by atoms with E-state index >= 15 is 0 Å². The van der Waals surface area contributed by atoms with Crippen molar-refractivity contribution in [3.05, 3.63) is 24.3 Å². The van der Waals surface area contributed by atoms with Crippen LogP contribution in [0, 0.1) is 0 Å². The second kappa shape index (κ2) is 5.97. The van der Waals surface area contributed by atoms with Crippen LogP contribution in [0.2, 0.25) is 0 Å². The maximum absolute atomic E-state index is 11.1. The molecule has 0 saturated heterocycles. The third kappa shape index (κ3) is 3.78. The van der Waals surface area contributed by atoms with Crippen molar-refractivity contribution in [1.82, 2.24) is 0 Å². The number of nitrogens with zero attached hydrogens (tertiary/aromatic N) is 1. The topological polar surface area (TPSA) is 76.7 Å². The summed E-state index contributed by atoms with van der Waals surface area (Å²) >= 11 is 5.58. The molecule has 1 aromatic carbocycles. The lowest BCUT2D eigenvalue weighted by Crippen LogP contribution is -2.13. The Labute approximate surface area is 98.2 Å². The van der Waals surface area contributed by atoms with Crippen LogP contribution < -0.4 is 11.2 Å². The summed E-state index contributed by atoms with van der Waals surface area (Å²) in [7, 11) is 0. The monoisotopic (exact) mass is 241 g/mol. The first-order valence-electron chi connectivity index (χ1n) is 4.65. The molecular formula is C10H12ClN3O2. The van der Waals surface area contributed by atoms with E-state index in [0.717, 1.165) is 0 Å². The molecule has 16 heavy (non-hydrogen) atoms. The van der Waals surface area contributed by atoms with Crippen LogP contribution in [0.4, 0.5) is 11.4 Å². The molecule has 86 valence electrons. The van der Waals surface area contributed by atoms with Gasteiger partial charge in [-0.15, -0.1) is 0 Å². The Morgan fingerprint density at radius 3 is 2.69 bits per heavy atom. The number of hydrogen-bond donors (Lipinski definition) is 2. The van der Waals surface area contributed by atoms with Crippen molar-refractivity contribution in [3.8, 4) is 0 Å². The molecule has 0 aliphatic rings. The van der Waals surface area contributed by atoms with Crippen LogP contribution in [0.25, 0.3) is 0 Å². The summed E-state index contributed by atoms with van der Waals surface area (Å²) in [6.07, 6.45) is 0. The molecule has 0 spiro atoms. The molecule has 0 unspecified atom stereocenters. The minimum absolute atomic E-state index is 0.251. The molecule has 0 aromatic heterocycles. The van der Waals surface area contributed by atoms with E-state index in [4.69, 9.17) is 17.3 Å². The molecule has 0 fully saturated rings. The fraction of sp³-hybridized carbons (Fsp3) is 0.200. The second-order valence-corrected chi connectivity index (χ2v) is 3.21. The Morgan fingerprint density at radius 2 is 2.12 bits per heavy atom. The van der Waals surface area contributed by atoms with Gasteiger partial charge in [0.1, 0.15) is 0 Å². The van der Waals surface area contributed by atoms with Crippen molar-refractivity contribution in [3.63, 3.8) is 0 Å². The number of carbonyl (C=O) groups is 1. The van der Waals surface area contributed by atoms with Gasteiger partial charge in [0.25, 0.3) is 0 Å². The van der Waals surface area contributed by atoms with Gasteiger partial charge in [-0.25, -0.2) is 4.79 Å². The fourth-order valence-corrected chi connectivity index (χ4v) is 1.00. The molecule has 0 aliphatic carbocycles. The molecule has 5 nitrogen and oxygen atoms in total. The van der Waals surface area contributed by atoms with Crippen molar-refractivity contribution < 1.29 is 9.53 Å². The van der Waals surface area contributed by atoms with E-state index in [1.165, 1.54) is 0 Å². The summed E-state index contributed by atoms with van der Waals surface area (Å²) in [5.41, 5.74) is 9.44. The van der Waals surface area contributed by atoms with Crippen LogP contribution in [0.1, 0.15) is 6.92 Å². The van der Waals surface area contributed by atoms with Crippen molar-refractivity contribution in [1.29, 1.82) is 0 Å². The average Bonchev–Trinajstić information content (AvgIpc) is 2.28. The quantitative estimate of drug-likeness (QED) is 0.365. The summed E-state index contributed by atoms with van der Waals surface area (Å²) in [6.45, 7) is 1.95. The van der Waals surface area contributed by atoms with Crippen molar-refractivity contribution in [2.45, 2.75) is 6.92 Å². The highest BCUT2D eigenvalue weighted by Crippen LogP contribution is 2.10. The van der Waals surface area contributed by atoms with Crippen molar-refractivity contribution >= 4 is 34.1 Å². The fourth-order valence-electron chi connectivity index (χ4n) is 0.908. The van der Waals surface area contributed by atoms with Gasteiger partial charge in [0.15, 0.2) is 0 Å². The van der Waals surface area contributed by atoms with Gasteiger partial charge in [0, 0.05) is 5.69 Å². The maximum Gasteiger partial charge on any atom is 0.370 e. The van der Waals surface area contributed by atoms with Gasteiger partial charge >= 0.3 is 5.97 Å². The number of carbonyl (C=O) groups excluding carboxylic acids is 1. The molecule has 0 radical (unpaired) electrons. The van der Waals surface area contributed by atoms with E-state index in [2.05, 4.69) is 15.3 Å². The molecule has 6 heteroatoms. The minimum atomic E-state index is -0.660. The third-order valence-corrected chi connectivity index (χ3v) is 1.88. The molecule has 0 amide bonds. The summed E-state index contributed by atoms with van der Waals surface area (Å²) in [5, 5.41) is 3.41. The lowest BCUT2D eigenvalue weighted by Gasteiger charge is -2.02. The summed E-state index contributed by atoms with van der Waals surface area (Å²) in [5.74, 6) is -0.660. The molecule has 0 aliphatic heterocycles. The lowest BCUT2D eigenvalue weighted by molar-refractivity contribution is -0.134. The molecule has 1 aromatic rings. The van der Waals surface area contributed by atoms with E-state index in [0.29, 0.717) is 11.4 Å². The van der Waals surface area contributed by atoms with E-state index in [1.807, 2.05) is 0 Å². The zero-order valence-corrected chi connectivity index (χ0v) is 9.49. The second-order valence-electron chi connectivity index (χ2n) is 2.86. The van der Waals surface area contributed by atoms with Crippen molar-refractivity contribution in [2.24, 2.45) is 5.10 Å². The number of hydrogen-bond acceptors (Lipinski definition) is 5. The smallest absolute Gasteiger partial charge is 0.370 e. The van der Waals surface area contributed by atoms with Crippen LogP contribution in [-0.2, 0) is 9.53 Å². The number of rotatable bonds is 4. The zero-order chi connectivity index (χ0) is 12.0. The molecule has 0 saturated carbocycles. The van der Waals surface area contributed by atoms with E-state index in [1.54, 1.807) is 31.2 Å². The number of halogens is 1. The summed E-state index contributed by atoms with van der Waals surface area (Å²) in [6, 6.07) is 6.84. The standard InChI is InChI=1S/C10H12ClN3O2/c1-2-16-10(15)9(11)14-13-8-5-3-7(12)4-6-8/h3-6,13H,2,12H2,1H3/b14-9-. The summed E-state index contributed by atoms with van der Waals surface area (Å²) in [4.78, 5) is 11.1. The van der Waals surface area contributed by atoms with E-state index in [9.17, 15) is 4.79 Å². The van der Waals surface area contributed by atoms with Gasteiger partial charge in [0.2, 0.25) is 5.17 Å². The van der Waals surface area contributed by atoms with E-state index in [-0.39, 0.29) is 11.8 Å². The van der Waals surface area contributed by atoms with Crippen LogP contribution in [0.3, 0.4) is 0 Å². The van der Waals surface area contributed by atoms with Crippen LogP contribution >= 0.6 is 11.6 Å². The number of esters is 1. The van der Waals surface area contributed by atoms with Gasteiger partial charge in [-0.2, -0.15) is 5.10 Å². The molecule has 0 heterocycles. The first-order chi connectivity index (χ1) is 7.63. The number of nitrogens with one attached hydrogen (secondary N) is 1. The highest BCUT2D eigenvalue weighted by atomic mass is 35.5. The molecule has 0 atom stereocenters. The average molecular weight is 242 g/mol. The largest absolute Gasteiger partial charge is 0.461 e. The normalized spacial score (nSPS) is 11.0. The molecule has 1 rings (SSSR count). The Morgan fingerprint density at radius 1 is 1.50 bits per heavy atom. The highest BCUT2D eigenvalue weighted by molar-refractivity contribution is 6.82. The predicted octanol–water partition coefficient (Wildman–Crippen LogP) is 1.80. The number of ether oxygens (including phenoxy) is 1. The number of nitrogen functional groups attached to an aromatic ring is 1. The Balaban J connectivity index is 2.58. The zero-order valence-electron chi connectivity index (χ0n) is 8.74. The number of hydrazone groups is 1. The van der Waals surface area contributed by atoms with Gasteiger partial charge in [-0.1, -0.05) is 11.6 Å². The molecule has 0 bridgehead atoms. The molecule has 3 N–H and O–H groups in total. The third-order valence-electron chi connectivity index (χ3n) is 1.64. The van der Waals surface area contributed by atoms with Crippen LogP contribution in [0.15, 0.2) is 29.4 Å². The van der Waals surface area contributed by atoms with Gasteiger partial charge in [-0.05, 0) is 31.2 Å². The summed E-state index contributed by atoms with van der Waals surface area (Å²) < 4.78 is 4.65. The van der Waals surface area contributed by atoms with Crippen molar-refractivity contribution in [2.75, 3.05) is 17.8 Å².